The molecule has 4 saturated carbocycles. The zero-order valence-electron chi connectivity index (χ0n) is 14.3. The summed E-state index contributed by atoms with van der Waals surface area (Å²) in [5, 5.41) is 23.0. The van der Waals surface area contributed by atoms with Gasteiger partial charge in [0, 0.05) is 5.41 Å². The fourth-order valence-electron chi connectivity index (χ4n) is 7.24. The largest absolute Gasteiger partial charge is 0.481 e. The molecule has 1 spiro atoms. The Morgan fingerprint density at radius 1 is 1.13 bits per heavy atom. The van der Waals surface area contributed by atoms with Crippen LogP contribution in [0.25, 0.3) is 0 Å². The molecule has 128 valence electrons. The average Bonchev–Trinajstić information content (AvgIpc) is 2.73. The zero-order valence-corrected chi connectivity index (χ0v) is 14.3. The van der Waals surface area contributed by atoms with Crippen molar-refractivity contribution in [2.75, 3.05) is 0 Å². The summed E-state index contributed by atoms with van der Waals surface area (Å²) in [7, 11) is 0. The summed E-state index contributed by atoms with van der Waals surface area (Å²) in [6, 6.07) is 0. The summed E-state index contributed by atoms with van der Waals surface area (Å²) in [5.41, 5.74) is 0.850. The maximum Gasteiger partial charge on any atom is 0.309 e. The SMILES string of the molecule is C[C@@]12CC[C@@H]3[C@@H]4CCC[C@@](C)(C(=O)O)[C@H]4CC[C@]3(C/C1=N\O)C2. The third-order valence-electron chi connectivity index (χ3n) is 8.40. The lowest BCUT2D eigenvalue weighted by atomic mass is 9.46. The van der Waals surface area contributed by atoms with E-state index in [1.165, 1.54) is 12.8 Å². The highest BCUT2D eigenvalue weighted by Crippen LogP contribution is 2.69. The van der Waals surface area contributed by atoms with Gasteiger partial charge in [-0.2, -0.15) is 0 Å². The van der Waals surface area contributed by atoms with Gasteiger partial charge in [-0.05, 0) is 81.5 Å². The molecule has 0 aromatic heterocycles. The molecule has 4 rings (SSSR count). The Labute approximate surface area is 138 Å². The van der Waals surface area contributed by atoms with E-state index in [1.54, 1.807) is 0 Å². The average molecular weight is 319 g/mol. The van der Waals surface area contributed by atoms with Gasteiger partial charge in [0.05, 0.1) is 11.1 Å². The number of aliphatic carboxylic acids is 1. The molecule has 0 radical (unpaired) electrons. The molecular formula is C19H29NO3. The quantitative estimate of drug-likeness (QED) is 0.559. The number of oxime groups is 1. The predicted octanol–water partition coefficient (Wildman–Crippen LogP) is 4.31. The van der Waals surface area contributed by atoms with Gasteiger partial charge in [-0.25, -0.2) is 0 Å². The predicted molar refractivity (Wildman–Crippen MR) is 87.5 cm³/mol. The topological polar surface area (TPSA) is 69.9 Å². The van der Waals surface area contributed by atoms with Gasteiger partial charge in [0.25, 0.3) is 0 Å². The molecule has 0 unspecified atom stereocenters. The van der Waals surface area contributed by atoms with Crippen LogP contribution in [0.4, 0.5) is 0 Å². The molecular weight excluding hydrogens is 290 g/mol. The number of carboxylic acids is 1. The van der Waals surface area contributed by atoms with E-state index in [9.17, 15) is 15.1 Å². The number of hydrogen-bond acceptors (Lipinski definition) is 3. The molecule has 2 N–H and O–H groups in total. The Balaban J connectivity index is 1.69. The van der Waals surface area contributed by atoms with E-state index in [4.69, 9.17) is 0 Å². The first-order valence-electron chi connectivity index (χ1n) is 9.29. The molecule has 0 amide bonds. The molecule has 0 heterocycles. The molecule has 4 aliphatic carbocycles. The fraction of sp³-hybridized carbons (Fsp3) is 0.895. The Morgan fingerprint density at radius 2 is 1.87 bits per heavy atom. The van der Waals surface area contributed by atoms with E-state index >= 15 is 0 Å². The molecule has 0 saturated heterocycles. The van der Waals surface area contributed by atoms with E-state index in [2.05, 4.69) is 12.1 Å². The van der Waals surface area contributed by atoms with E-state index in [0.717, 1.165) is 50.7 Å². The highest BCUT2D eigenvalue weighted by molar-refractivity contribution is 5.92. The summed E-state index contributed by atoms with van der Waals surface area (Å²) < 4.78 is 0. The van der Waals surface area contributed by atoms with Gasteiger partial charge >= 0.3 is 5.97 Å². The number of fused-ring (bicyclic) bond motifs is 3. The van der Waals surface area contributed by atoms with Crippen molar-refractivity contribution in [2.45, 2.75) is 71.6 Å². The molecule has 2 bridgehead atoms. The normalized spacial score (nSPS) is 53.7. The van der Waals surface area contributed by atoms with Gasteiger partial charge < -0.3 is 10.3 Å². The first-order valence-corrected chi connectivity index (χ1v) is 9.29. The van der Waals surface area contributed by atoms with Crippen LogP contribution in [0.5, 0.6) is 0 Å². The first kappa shape index (κ1) is 15.5. The van der Waals surface area contributed by atoms with E-state index in [1.807, 2.05) is 6.92 Å². The van der Waals surface area contributed by atoms with Crippen LogP contribution in [-0.2, 0) is 4.79 Å². The number of carboxylic acid groups (broad SMARTS) is 1. The second-order valence-corrected chi connectivity index (χ2v) is 9.39. The van der Waals surface area contributed by atoms with Crippen molar-refractivity contribution < 1.29 is 15.1 Å². The molecule has 0 aromatic rings. The molecule has 4 fully saturated rings. The lowest BCUT2D eigenvalue weighted by Crippen LogP contribution is -2.53. The molecule has 4 nitrogen and oxygen atoms in total. The number of hydrogen-bond donors (Lipinski definition) is 2. The van der Waals surface area contributed by atoms with Gasteiger partial charge in [-0.3, -0.25) is 4.79 Å². The van der Waals surface area contributed by atoms with Crippen molar-refractivity contribution in [1.82, 2.24) is 0 Å². The highest BCUT2D eigenvalue weighted by atomic mass is 16.4. The maximum absolute atomic E-state index is 11.9. The lowest BCUT2D eigenvalue weighted by Gasteiger charge is -2.58. The van der Waals surface area contributed by atoms with Gasteiger partial charge in [0.1, 0.15) is 0 Å². The number of carbonyl (C=O) groups is 1. The Morgan fingerprint density at radius 3 is 2.57 bits per heavy atom. The minimum absolute atomic E-state index is 0.0862. The summed E-state index contributed by atoms with van der Waals surface area (Å²) in [6.45, 7) is 4.26. The summed E-state index contributed by atoms with van der Waals surface area (Å²) >= 11 is 0. The van der Waals surface area contributed by atoms with Crippen LogP contribution in [0, 0.1) is 34.0 Å². The Kier molecular flexibility index (Phi) is 3.18. The van der Waals surface area contributed by atoms with Gasteiger partial charge in [-0.15, -0.1) is 0 Å². The number of rotatable bonds is 1. The highest BCUT2D eigenvalue weighted by Gasteiger charge is 2.63. The molecule has 0 aromatic carbocycles. The minimum atomic E-state index is -0.590. The minimum Gasteiger partial charge on any atom is -0.481 e. The second-order valence-electron chi connectivity index (χ2n) is 9.39. The monoisotopic (exact) mass is 319 g/mol. The van der Waals surface area contributed by atoms with Crippen molar-refractivity contribution >= 4 is 11.7 Å². The van der Waals surface area contributed by atoms with Gasteiger partial charge in [0.15, 0.2) is 0 Å². The van der Waals surface area contributed by atoms with Crippen molar-refractivity contribution in [3.63, 3.8) is 0 Å². The van der Waals surface area contributed by atoms with Crippen molar-refractivity contribution in [2.24, 2.45) is 39.2 Å². The molecule has 0 aliphatic heterocycles. The molecule has 4 heteroatoms. The van der Waals surface area contributed by atoms with Crippen molar-refractivity contribution in [3.8, 4) is 0 Å². The maximum atomic E-state index is 11.9. The zero-order chi connectivity index (χ0) is 16.5. The standard InChI is InChI=1S/C19H29NO3/c1-17-8-5-14-12-4-3-7-18(2,16(21)22)13(12)6-9-19(14,11-17)10-15(17)20-23/h12-14,23H,3-11H2,1-2H3,(H,21,22)/b20-15+/t12-,13+,14-,17+,18-,19+/m1/s1. The third kappa shape index (κ3) is 1.90. The van der Waals surface area contributed by atoms with Crippen LogP contribution < -0.4 is 0 Å². The fourth-order valence-corrected chi connectivity index (χ4v) is 7.24. The van der Waals surface area contributed by atoms with Crippen molar-refractivity contribution in [3.05, 3.63) is 0 Å². The second kappa shape index (κ2) is 4.73. The summed E-state index contributed by atoms with van der Waals surface area (Å²) in [4.78, 5) is 11.9. The van der Waals surface area contributed by atoms with E-state index in [0.29, 0.717) is 17.8 Å². The van der Waals surface area contributed by atoms with Crippen LogP contribution in [0.15, 0.2) is 5.16 Å². The first-order chi connectivity index (χ1) is 10.8. The lowest BCUT2D eigenvalue weighted by molar-refractivity contribution is -0.164. The van der Waals surface area contributed by atoms with Crippen LogP contribution >= 0.6 is 0 Å². The van der Waals surface area contributed by atoms with Gasteiger partial charge in [0.2, 0.25) is 0 Å². The summed E-state index contributed by atoms with van der Waals surface area (Å²) in [5.74, 6) is 0.936. The van der Waals surface area contributed by atoms with Crippen LogP contribution in [-0.4, -0.2) is 22.0 Å². The van der Waals surface area contributed by atoms with Gasteiger partial charge in [-0.1, -0.05) is 18.5 Å². The van der Waals surface area contributed by atoms with E-state index < -0.39 is 11.4 Å². The number of nitrogens with zero attached hydrogens (tertiary/aromatic N) is 1. The molecule has 4 aliphatic rings. The van der Waals surface area contributed by atoms with E-state index in [-0.39, 0.29) is 10.8 Å². The smallest absolute Gasteiger partial charge is 0.309 e. The van der Waals surface area contributed by atoms with Crippen LogP contribution in [0.1, 0.15) is 71.6 Å². The summed E-state index contributed by atoms with van der Waals surface area (Å²) in [6.07, 6.45) is 9.63. The van der Waals surface area contributed by atoms with Crippen molar-refractivity contribution in [1.29, 1.82) is 0 Å². The Hall–Kier alpha value is -1.06. The third-order valence-corrected chi connectivity index (χ3v) is 8.40. The Bertz CT molecular complexity index is 573. The van der Waals surface area contributed by atoms with Crippen LogP contribution in [0.3, 0.4) is 0 Å². The van der Waals surface area contributed by atoms with Crippen LogP contribution in [0.2, 0.25) is 0 Å². The molecule has 6 atom stereocenters. The molecule has 23 heavy (non-hydrogen) atoms.